The first-order valence-electron chi connectivity index (χ1n) is 9.50. The monoisotopic (exact) mass is 392 g/mol. The molecule has 1 unspecified atom stereocenters. The number of carbonyl (C=O) groups is 1. The van der Waals surface area contributed by atoms with Gasteiger partial charge in [-0.1, -0.05) is 20.3 Å². The van der Waals surface area contributed by atoms with Crippen LogP contribution in [-0.2, 0) is 4.74 Å². The van der Waals surface area contributed by atoms with Crippen molar-refractivity contribution in [2.24, 2.45) is 0 Å². The van der Waals surface area contributed by atoms with Gasteiger partial charge in [0.15, 0.2) is 11.5 Å². The molecule has 1 aromatic carbocycles. The third-order valence-electron chi connectivity index (χ3n) is 3.96. The van der Waals surface area contributed by atoms with E-state index >= 15 is 0 Å². The van der Waals surface area contributed by atoms with E-state index in [1.807, 2.05) is 6.07 Å². The maximum absolute atomic E-state index is 13.1. The van der Waals surface area contributed by atoms with E-state index in [1.54, 1.807) is 32.9 Å². The van der Waals surface area contributed by atoms with E-state index in [-0.39, 0.29) is 24.6 Å². The first-order valence-corrected chi connectivity index (χ1v) is 9.50. The van der Waals surface area contributed by atoms with Gasteiger partial charge in [-0.3, -0.25) is 0 Å². The summed E-state index contributed by atoms with van der Waals surface area (Å²) in [6.45, 7) is 9.47. The lowest BCUT2D eigenvalue weighted by atomic mass is 10.1. The molecule has 0 fully saturated rings. The number of hydrogen-bond donors (Lipinski definition) is 1. The van der Waals surface area contributed by atoms with Gasteiger partial charge >= 0.3 is 6.09 Å². The quantitative estimate of drug-likeness (QED) is 0.643. The SMILES string of the molecule is CCCC(C)c1nc2ccc(OCC(=CF)CNC(=O)OC(C)(C)C)cc2o1. The van der Waals surface area contributed by atoms with Crippen molar-refractivity contribution in [2.75, 3.05) is 13.2 Å². The average Bonchev–Trinajstić information content (AvgIpc) is 3.04. The van der Waals surface area contributed by atoms with Gasteiger partial charge in [0.2, 0.25) is 0 Å². The van der Waals surface area contributed by atoms with Crippen LogP contribution in [0.15, 0.2) is 34.5 Å². The summed E-state index contributed by atoms with van der Waals surface area (Å²) in [6.07, 6.45) is 1.88. The number of carbonyl (C=O) groups excluding carboxylic acids is 1. The van der Waals surface area contributed by atoms with Crippen LogP contribution in [0, 0.1) is 0 Å². The number of fused-ring (bicyclic) bond motifs is 1. The Bertz CT molecular complexity index is 823. The van der Waals surface area contributed by atoms with Crippen LogP contribution in [0.3, 0.4) is 0 Å². The number of amides is 1. The first kappa shape index (κ1) is 21.7. The molecule has 28 heavy (non-hydrogen) atoms. The van der Waals surface area contributed by atoms with Crippen LogP contribution in [0.1, 0.15) is 59.3 Å². The molecule has 1 aromatic heterocycles. The van der Waals surface area contributed by atoms with Crippen molar-refractivity contribution in [2.45, 2.75) is 59.0 Å². The number of benzene rings is 1. The topological polar surface area (TPSA) is 73.6 Å². The lowest BCUT2D eigenvalue weighted by Crippen LogP contribution is -2.34. The van der Waals surface area contributed by atoms with Crippen LogP contribution >= 0.6 is 0 Å². The van der Waals surface area contributed by atoms with Crippen LogP contribution in [0.25, 0.3) is 11.1 Å². The van der Waals surface area contributed by atoms with Crippen molar-refractivity contribution < 1.29 is 23.1 Å². The molecular weight excluding hydrogens is 363 g/mol. The fraction of sp³-hybridized carbons (Fsp3) is 0.524. The Morgan fingerprint density at radius 1 is 1.39 bits per heavy atom. The van der Waals surface area contributed by atoms with Gasteiger partial charge in [-0.2, -0.15) is 0 Å². The Hall–Kier alpha value is -2.57. The molecule has 0 aliphatic rings. The van der Waals surface area contributed by atoms with E-state index in [0.29, 0.717) is 23.6 Å². The molecule has 0 aliphatic heterocycles. The number of ether oxygens (including phenoxy) is 2. The molecule has 0 aliphatic carbocycles. The van der Waals surface area contributed by atoms with Crippen molar-refractivity contribution in [3.63, 3.8) is 0 Å². The molecule has 0 radical (unpaired) electrons. The second kappa shape index (κ2) is 9.57. The Kier molecular flexibility index (Phi) is 7.43. The van der Waals surface area contributed by atoms with Crippen LogP contribution in [-0.4, -0.2) is 29.8 Å². The molecule has 0 saturated carbocycles. The van der Waals surface area contributed by atoms with Gasteiger partial charge in [0.05, 0.1) is 6.33 Å². The molecule has 1 N–H and O–H groups in total. The number of halogens is 1. The number of rotatable bonds is 8. The Balaban J connectivity index is 1.93. The first-order chi connectivity index (χ1) is 13.2. The van der Waals surface area contributed by atoms with E-state index in [1.165, 1.54) is 0 Å². The number of alkyl carbamates (subject to hydrolysis) is 1. The highest BCUT2D eigenvalue weighted by molar-refractivity contribution is 5.74. The van der Waals surface area contributed by atoms with Crippen LogP contribution < -0.4 is 10.1 Å². The summed E-state index contributed by atoms with van der Waals surface area (Å²) in [5.74, 6) is 1.50. The molecule has 6 nitrogen and oxygen atoms in total. The molecule has 1 amide bonds. The van der Waals surface area contributed by atoms with E-state index < -0.39 is 11.7 Å². The van der Waals surface area contributed by atoms with Gasteiger partial charge in [0, 0.05) is 24.1 Å². The third kappa shape index (κ3) is 6.55. The highest BCUT2D eigenvalue weighted by Gasteiger charge is 2.16. The molecule has 0 bridgehead atoms. The summed E-state index contributed by atoms with van der Waals surface area (Å²) in [7, 11) is 0. The zero-order valence-electron chi connectivity index (χ0n) is 17.2. The average molecular weight is 392 g/mol. The summed E-state index contributed by atoms with van der Waals surface area (Å²) in [4.78, 5) is 16.2. The fourth-order valence-electron chi connectivity index (χ4n) is 2.58. The minimum Gasteiger partial charge on any atom is -0.489 e. The van der Waals surface area contributed by atoms with Crippen molar-refractivity contribution in [3.8, 4) is 5.75 Å². The lowest BCUT2D eigenvalue weighted by Gasteiger charge is -2.20. The van der Waals surface area contributed by atoms with Gasteiger partial charge in [-0.15, -0.1) is 0 Å². The minimum atomic E-state index is -0.611. The number of nitrogens with one attached hydrogen (secondary N) is 1. The van der Waals surface area contributed by atoms with E-state index in [9.17, 15) is 9.18 Å². The molecule has 0 spiro atoms. The Labute approximate surface area is 165 Å². The van der Waals surface area contributed by atoms with Crippen molar-refractivity contribution >= 4 is 17.2 Å². The van der Waals surface area contributed by atoms with Gasteiger partial charge in [-0.25, -0.2) is 14.2 Å². The number of hydrogen-bond acceptors (Lipinski definition) is 5. The van der Waals surface area contributed by atoms with Crippen LogP contribution in [0.4, 0.5) is 9.18 Å². The number of oxazole rings is 1. The molecule has 7 heteroatoms. The number of nitrogens with zero attached hydrogens (tertiary/aromatic N) is 1. The molecule has 154 valence electrons. The predicted molar refractivity (Wildman–Crippen MR) is 106 cm³/mol. The summed E-state index contributed by atoms with van der Waals surface area (Å²) < 4.78 is 29.7. The van der Waals surface area contributed by atoms with Gasteiger partial charge in [0.25, 0.3) is 0 Å². The summed E-state index contributed by atoms with van der Waals surface area (Å²) in [5.41, 5.74) is 1.06. The standard InChI is InChI=1S/C21H29FN2O4/c1-6-7-14(2)19-24-17-9-8-16(10-18(17)27-19)26-13-15(11-22)12-23-20(25)28-21(3,4)5/h8-11,14H,6-7,12-13H2,1-5H3,(H,23,25). The van der Waals surface area contributed by atoms with E-state index in [2.05, 4.69) is 24.1 Å². The largest absolute Gasteiger partial charge is 0.489 e. The van der Waals surface area contributed by atoms with Crippen molar-refractivity contribution in [1.29, 1.82) is 0 Å². The molecule has 2 rings (SSSR count). The van der Waals surface area contributed by atoms with E-state index in [0.717, 1.165) is 18.4 Å². The van der Waals surface area contributed by atoms with Crippen molar-refractivity contribution in [3.05, 3.63) is 36.0 Å². The third-order valence-corrected chi connectivity index (χ3v) is 3.96. The zero-order chi connectivity index (χ0) is 20.7. The fourth-order valence-corrected chi connectivity index (χ4v) is 2.58. The second-order valence-corrected chi connectivity index (χ2v) is 7.78. The van der Waals surface area contributed by atoms with E-state index in [4.69, 9.17) is 13.9 Å². The van der Waals surface area contributed by atoms with Crippen LogP contribution in [0.2, 0.25) is 0 Å². The second-order valence-electron chi connectivity index (χ2n) is 7.78. The van der Waals surface area contributed by atoms with Crippen LogP contribution in [0.5, 0.6) is 5.75 Å². The molecule has 2 aromatic rings. The highest BCUT2D eigenvalue weighted by atomic mass is 19.1. The molecule has 1 heterocycles. The summed E-state index contributed by atoms with van der Waals surface area (Å²) >= 11 is 0. The lowest BCUT2D eigenvalue weighted by molar-refractivity contribution is 0.0531. The Morgan fingerprint density at radius 3 is 2.79 bits per heavy atom. The molecule has 0 saturated heterocycles. The smallest absolute Gasteiger partial charge is 0.407 e. The highest BCUT2D eigenvalue weighted by Crippen LogP contribution is 2.27. The summed E-state index contributed by atoms with van der Waals surface area (Å²) in [6, 6.07) is 5.31. The number of aromatic nitrogens is 1. The van der Waals surface area contributed by atoms with Crippen molar-refractivity contribution in [1.82, 2.24) is 10.3 Å². The summed E-state index contributed by atoms with van der Waals surface area (Å²) in [5, 5.41) is 2.51. The minimum absolute atomic E-state index is 0.00531. The molecular formula is C21H29FN2O4. The predicted octanol–water partition coefficient (Wildman–Crippen LogP) is 5.49. The maximum atomic E-state index is 13.1. The molecule has 1 atom stereocenters. The van der Waals surface area contributed by atoms with Gasteiger partial charge in [0.1, 0.15) is 23.5 Å². The van der Waals surface area contributed by atoms with Gasteiger partial charge in [-0.05, 0) is 39.3 Å². The van der Waals surface area contributed by atoms with Gasteiger partial charge < -0.3 is 19.2 Å². The zero-order valence-corrected chi connectivity index (χ0v) is 17.2. The normalized spacial score (nSPS) is 13.4. The maximum Gasteiger partial charge on any atom is 0.407 e. The Morgan fingerprint density at radius 2 is 2.14 bits per heavy atom.